The molecule has 1 N–H and O–H groups in total. The number of fused-ring (bicyclic) bond motifs is 4. The highest BCUT2D eigenvalue weighted by atomic mass is 35.5. The molecule has 0 spiro atoms. The molecule has 0 bridgehead atoms. The third kappa shape index (κ3) is 2.97. The van der Waals surface area contributed by atoms with Crippen LogP contribution in [0.1, 0.15) is 20.9 Å². The summed E-state index contributed by atoms with van der Waals surface area (Å²) in [6.45, 7) is 0.844. The van der Waals surface area contributed by atoms with E-state index in [0.29, 0.717) is 23.1 Å². The molecule has 0 atom stereocenters. The van der Waals surface area contributed by atoms with Crippen LogP contribution in [-0.4, -0.2) is 15.3 Å². The number of aromatic nitrogens is 2. The van der Waals surface area contributed by atoms with Crippen LogP contribution < -0.4 is 10.1 Å². The lowest BCUT2D eigenvalue weighted by molar-refractivity contribution is 0.0954. The van der Waals surface area contributed by atoms with Crippen LogP contribution in [0.15, 0.2) is 54.9 Å². The van der Waals surface area contributed by atoms with Gasteiger partial charge in [0.15, 0.2) is 0 Å². The maximum Gasteiger partial charge on any atom is 0.261 e. The molecule has 134 valence electrons. The highest BCUT2D eigenvalue weighted by molar-refractivity contribution is 7.17. The molecule has 4 aromatic rings. The van der Waals surface area contributed by atoms with Crippen molar-refractivity contribution in [2.75, 3.05) is 0 Å². The molecule has 0 saturated heterocycles. The third-order valence-electron chi connectivity index (χ3n) is 4.44. The largest absolute Gasteiger partial charge is 0.488 e. The predicted molar refractivity (Wildman–Crippen MR) is 105 cm³/mol. The predicted octanol–water partition coefficient (Wildman–Crippen LogP) is 4.54. The van der Waals surface area contributed by atoms with Crippen molar-refractivity contribution in [2.24, 2.45) is 0 Å². The second kappa shape index (κ2) is 6.40. The number of hydrogen-bond acceptors (Lipinski definition) is 4. The molecule has 27 heavy (non-hydrogen) atoms. The molecule has 7 heteroatoms. The summed E-state index contributed by atoms with van der Waals surface area (Å²) in [5, 5.41) is 3.59. The minimum Gasteiger partial charge on any atom is -0.488 e. The number of benzene rings is 1. The second-order valence-corrected chi connectivity index (χ2v) is 7.77. The number of carbonyl (C=O) groups is 1. The van der Waals surface area contributed by atoms with Crippen LogP contribution in [-0.2, 0) is 13.2 Å². The Morgan fingerprint density at radius 3 is 3.07 bits per heavy atom. The van der Waals surface area contributed by atoms with Gasteiger partial charge in [0.05, 0.1) is 22.1 Å². The van der Waals surface area contributed by atoms with E-state index < -0.39 is 0 Å². The van der Waals surface area contributed by atoms with Gasteiger partial charge in [0.2, 0.25) is 0 Å². The number of nitrogens with zero attached hydrogens (tertiary/aromatic N) is 2. The number of hydrogen-bond donors (Lipinski definition) is 1. The van der Waals surface area contributed by atoms with Crippen LogP contribution in [0.25, 0.3) is 16.1 Å². The fourth-order valence-corrected chi connectivity index (χ4v) is 4.45. The van der Waals surface area contributed by atoms with E-state index in [4.69, 9.17) is 16.3 Å². The summed E-state index contributed by atoms with van der Waals surface area (Å²) in [4.78, 5) is 18.9. The Morgan fingerprint density at radius 1 is 1.26 bits per heavy atom. The van der Waals surface area contributed by atoms with Crippen molar-refractivity contribution in [2.45, 2.75) is 13.2 Å². The number of thiophene rings is 1. The number of ether oxygens (including phenoxy) is 1. The number of pyridine rings is 1. The van der Waals surface area contributed by atoms with Crippen molar-refractivity contribution in [3.63, 3.8) is 0 Å². The number of amides is 1. The maximum absolute atomic E-state index is 12.6. The van der Waals surface area contributed by atoms with Gasteiger partial charge in [-0.3, -0.25) is 4.79 Å². The molecule has 0 unspecified atom stereocenters. The van der Waals surface area contributed by atoms with Gasteiger partial charge in [0.1, 0.15) is 18.0 Å². The van der Waals surface area contributed by atoms with Gasteiger partial charge < -0.3 is 14.5 Å². The molecule has 0 radical (unpaired) electrons. The Balaban J connectivity index is 1.35. The zero-order valence-corrected chi connectivity index (χ0v) is 15.7. The molecule has 0 aliphatic carbocycles. The van der Waals surface area contributed by atoms with Crippen molar-refractivity contribution in [1.29, 1.82) is 0 Å². The fraction of sp³-hybridized carbons (Fsp3) is 0.100. The molecule has 1 aromatic carbocycles. The van der Waals surface area contributed by atoms with E-state index in [1.54, 1.807) is 12.3 Å². The van der Waals surface area contributed by atoms with E-state index >= 15 is 0 Å². The minimum absolute atomic E-state index is 0.109. The quantitative estimate of drug-likeness (QED) is 0.554. The van der Waals surface area contributed by atoms with E-state index in [-0.39, 0.29) is 5.91 Å². The Morgan fingerprint density at radius 2 is 2.15 bits per heavy atom. The zero-order chi connectivity index (χ0) is 18.4. The van der Waals surface area contributed by atoms with Gasteiger partial charge in [-0.25, -0.2) is 4.98 Å². The summed E-state index contributed by atoms with van der Waals surface area (Å²) < 4.78 is 7.62. The van der Waals surface area contributed by atoms with E-state index in [9.17, 15) is 4.79 Å². The standard InChI is InChI=1S/C20H14ClN3O2S/c21-13-5-6-18-23-14(10-24(18)9-13)8-22-20(25)17-7-12-11-26-16-4-2-1-3-15(16)19(12)27-17/h1-7,9-10H,8,11H2,(H,22,25). The van der Waals surface area contributed by atoms with E-state index in [2.05, 4.69) is 10.3 Å². The van der Waals surface area contributed by atoms with Gasteiger partial charge in [-0.05, 0) is 30.3 Å². The molecule has 0 fully saturated rings. The second-order valence-electron chi connectivity index (χ2n) is 6.28. The summed E-state index contributed by atoms with van der Waals surface area (Å²) in [5.74, 6) is 0.754. The van der Waals surface area contributed by atoms with Crippen LogP contribution >= 0.6 is 22.9 Å². The van der Waals surface area contributed by atoms with E-state index in [1.807, 2.05) is 47.0 Å². The lowest BCUT2D eigenvalue weighted by Gasteiger charge is -2.16. The van der Waals surface area contributed by atoms with Gasteiger partial charge in [-0.2, -0.15) is 0 Å². The van der Waals surface area contributed by atoms with Gasteiger partial charge >= 0.3 is 0 Å². The average Bonchev–Trinajstić information content (AvgIpc) is 3.29. The van der Waals surface area contributed by atoms with Gasteiger partial charge in [0, 0.05) is 28.4 Å². The minimum atomic E-state index is -0.109. The van der Waals surface area contributed by atoms with Gasteiger partial charge in [-0.15, -0.1) is 11.3 Å². The van der Waals surface area contributed by atoms with Crippen molar-refractivity contribution < 1.29 is 9.53 Å². The SMILES string of the molecule is O=C(NCc1cn2cc(Cl)ccc2n1)c1cc2c(s1)-c1ccccc1OC2. The highest BCUT2D eigenvalue weighted by Gasteiger charge is 2.22. The Bertz CT molecular complexity index is 1180. The molecule has 1 aliphatic rings. The van der Waals surface area contributed by atoms with Crippen LogP contribution in [0, 0.1) is 0 Å². The lowest BCUT2D eigenvalue weighted by Crippen LogP contribution is -2.21. The Kier molecular flexibility index (Phi) is 3.88. The summed E-state index contributed by atoms with van der Waals surface area (Å²) >= 11 is 7.49. The first-order valence-corrected chi connectivity index (χ1v) is 9.63. The van der Waals surface area contributed by atoms with Crippen LogP contribution in [0.2, 0.25) is 5.02 Å². The normalized spacial score (nSPS) is 12.3. The first-order valence-electron chi connectivity index (χ1n) is 8.43. The average molecular weight is 396 g/mol. The lowest BCUT2D eigenvalue weighted by atomic mass is 10.1. The maximum atomic E-state index is 12.6. The number of imidazole rings is 1. The number of carbonyl (C=O) groups excluding carboxylic acids is 1. The Labute approximate surface area is 164 Å². The molecule has 1 aliphatic heterocycles. The van der Waals surface area contributed by atoms with Crippen LogP contribution in [0.3, 0.4) is 0 Å². The van der Waals surface area contributed by atoms with Gasteiger partial charge in [0.25, 0.3) is 5.91 Å². The third-order valence-corrected chi connectivity index (χ3v) is 5.88. The number of rotatable bonds is 3. The molecule has 5 nitrogen and oxygen atoms in total. The molecule has 4 heterocycles. The highest BCUT2D eigenvalue weighted by Crippen LogP contribution is 2.42. The van der Waals surface area contributed by atoms with Crippen LogP contribution in [0.4, 0.5) is 0 Å². The molecule has 5 rings (SSSR count). The van der Waals surface area contributed by atoms with Crippen LogP contribution in [0.5, 0.6) is 5.75 Å². The van der Waals surface area contributed by atoms with Gasteiger partial charge in [-0.1, -0.05) is 23.7 Å². The summed E-state index contributed by atoms with van der Waals surface area (Å²) in [7, 11) is 0. The molecule has 1 amide bonds. The molecule has 3 aromatic heterocycles. The van der Waals surface area contributed by atoms with Crippen molar-refractivity contribution in [3.05, 3.63) is 76.0 Å². The molecular weight excluding hydrogens is 382 g/mol. The monoisotopic (exact) mass is 395 g/mol. The molecule has 0 saturated carbocycles. The first kappa shape index (κ1) is 16.4. The van der Waals surface area contributed by atoms with Crippen molar-refractivity contribution in [1.82, 2.24) is 14.7 Å². The van der Waals surface area contributed by atoms with E-state index in [0.717, 1.165) is 33.1 Å². The number of nitrogens with one attached hydrogen (secondary N) is 1. The number of para-hydroxylation sites is 1. The first-order chi connectivity index (χ1) is 13.2. The topological polar surface area (TPSA) is 55.6 Å². The molecular formula is C20H14ClN3O2S. The Hall–Kier alpha value is -2.83. The summed E-state index contributed by atoms with van der Waals surface area (Å²) in [5.41, 5.74) is 3.66. The summed E-state index contributed by atoms with van der Waals surface area (Å²) in [6.07, 6.45) is 3.66. The van der Waals surface area contributed by atoms with Crippen molar-refractivity contribution in [3.8, 4) is 16.2 Å². The number of halogens is 1. The van der Waals surface area contributed by atoms with E-state index in [1.165, 1.54) is 11.3 Å². The zero-order valence-electron chi connectivity index (χ0n) is 14.1. The summed E-state index contributed by atoms with van der Waals surface area (Å²) in [6, 6.07) is 13.5. The smallest absolute Gasteiger partial charge is 0.261 e. The van der Waals surface area contributed by atoms with Crippen molar-refractivity contribution >= 4 is 34.5 Å². The fourth-order valence-electron chi connectivity index (χ4n) is 3.17.